The number of hydrogen-bond acceptors (Lipinski definition) is 3. The second-order valence-corrected chi connectivity index (χ2v) is 4.19. The minimum Gasteiger partial charge on any atom is -0.345 e. The van der Waals surface area contributed by atoms with Gasteiger partial charge in [-0.1, -0.05) is 29.8 Å². The van der Waals surface area contributed by atoms with E-state index in [1.165, 1.54) is 6.07 Å². The highest BCUT2D eigenvalue weighted by molar-refractivity contribution is 6.32. The molecule has 0 radical (unpaired) electrons. The van der Waals surface area contributed by atoms with E-state index >= 15 is 0 Å². The minimum absolute atomic E-state index is 0.0816. The van der Waals surface area contributed by atoms with E-state index in [4.69, 9.17) is 11.6 Å². The van der Waals surface area contributed by atoms with Gasteiger partial charge in [0.1, 0.15) is 5.02 Å². The van der Waals surface area contributed by atoms with Crippen LogP contribution in [-0.4, -0.2) is 12.0 Å². The molecule has 92 valence electrons. The maximum Gasteiger partial charge on any atom is 0.288 e. The lowest BCUT2D eigenvalue weighted by Gasteiger charge is -2.19. The number of nitro benzene ring substituents is 1. The van der Waals surface area contributed by atoms with Crippen molar-refractivity contribution in [3.05, 3.63) is 63.7 Å². The zero-order valence-electron chi connectivity index (χ0n) is 9.71. The highest BCUT2D eigenvalue weighted by atomic mass is 35.5. The van der Waals surface area contributed by atoms with Crippen molar-refractivity contribution in [2.75, 3.05) is 11.9 Å². The van der Waals surface area contributed by atoms with Gasteiger partial charge in [-0.2, -0.15) is 0 Å². The molecule has 2 aromatic carbocycles. The molecule has 5 heteroatoms. The van der Waals surface area contributed by atoms with E-state index in [1.54, 1.807) is 12.1 Å². The Balaban J connectivity index is 2.35. The average molecular weight is 263 g/mol. The molecule has 0 aromatic heterocycles. The lowest BCUT2D eigenvalue weighted by Crippen LogP contribution is -2.09. The Hall–Kier alpha value is -2.07. The van der Waals surface area contributed by atoms with Gasteiger partial charge in [0.25, 0.3) is 5.69 Å². The smallest absolute Gasteiger partial charge is 0.288 e. The van der Waals surface area contributed by atoms with E-state index in [-0.39, 0.29) is 10.7 Å². The molecule has 0 atom stereocenters. The van der Waals surface area contributed by atoms with Crippen molar-refractivity contribution in [1.29, 1.82) is 0 Å². The molecular weight excluding hydrogens is 252 g/mol. The Labute approximate surface area is 110 Å². The van der Waals surface area contributed by atoms with Gasteiger partial charge in [-0.25, -0.2) is 0 Å². The third-order valence-corrected chi connectivity index (χ3v) is 2.96. The van der Waals surface area contributed by atoms with Gasteiger partial charge in [-0.05, 0) is 24.3 Å². The van der Waals surface area contributed by atoms with Crippen molar-refractivity contribution < 1.29 is 4.92 Å². The van der Waals surface area contributed by atoms with Gasteiger partial charge in [0.15, 0.2) is 0 Å². The third kappa shape index (κ3) is 2.43. The first-order valence-electron chi connectivity index (χ1n) is 5.32. The van der Waals surface area contributed by atoms with Crippen molar-refractivity contribution >= 4 is 28.7 Å². The molecule has 0 aliphatic rings. The normalized spacial score (nSPS) is 10.1. The number of nitrogens with zero attached hydrogens (tertiary/aromatic N) is 2. The first-order valence-corrected chi connectivity index (χ1v) is 5.70. The summed E-state index contributed by atoms with van der Waals surface area (Å²) in [6.45, 7) is 0. The predicted octanol–water partition coefficient (Wildman–Crippen LogP) is 4.02. The Morgan fingerprint density at radius 2 is 1.78 bits per heavy atom. The fourth-order valence-electron chi connectivity index (χ4n) is 1.65. The van der Waals surface area contributed by atoms with Gasteiger partial charge in [0, 0.05) is 24.5 Å². The minimum atomic E-state index is -0.491. The van der Waals surface area contributed by atoms with Crippen LogP contribution < -0.4 is 4.90 Å². The van der Waals surface area contributed by atoms with Crippen LogP contribution >= 0.6 is 11.6 Å². The molecule has 0 aliphatic heterocycles. The number of hydrogen-bond donors (Lipinski definition) is 0. The molecule has 0 amide bonds. The molecule has 0 saturated carbocycles. The molecule has 2 aromatic rings. The predicted molar refractivity (Wildman–Crippen MR) is 72.6 cm³/mol. The number of para-hydroxylation sites is 1. The van der Waals surface area contributed by atoms with Crippen LogP contribution in [0.5, 0.6) is 0 Å². The summed E-state index contributed by atoms with van der Waals surface area (Å²) >= 11 is 5.89. The van der Waals surface area contributed by atoms with Gasteiger partial charge in [-0.3, -0.25) is 10.1 Å². The summed E-state index contributed by atoms with van der Waals surface area (Å²) in [4.78, 5) is 12.1. The van der Waals surface area contributed by atoms with E-state index < -0.39 is 4.92 Å². The molecule has 0 spiro atoms. The van der Waals surface area contributed by atoms with Gasteiger partial charge < -0.3 is 4.90 Å². The molecule has 0 fully saturated rings. The van der Waals surface area contributed by atoms with Crippen LogP contribution in [0.4, 0.5) is 17.1 Å². The van der Waals surface area contributed by atoms with Crippen LogP contribution in [0.2, 0.25) is 5.02 Å². The third-order valence-electron chi connectivity index (χ3n) is 2.66. The maximum atomic E-state index is 10.7. The van der Waals surface area contributed by atoms with E-state index in [1.807, 2.05) is 42.3 Å². The number of halogens is 1. The molecule has 0 N–H and O–H groups in total. The monoisotopic (exact) mass is 262 g/mol. The van der Waals surface area contributed by atoms with Gasteiger partial charge in [0.05, 0.1) is 4.92 Å². The summed E-state index contributed by atoms with van der Waals surface area (Å²) in [6.07, 6.45) is 0. The van der Waals surface area contributed by atoms with Crippen LogP contribution in [0.1, 0.15) is 0 Å². The Morgan fingerprint density at radius 1 is 1.11 bits per heavy atom. The number of benzene rings is 2. The fraction of sp³-hybridized carbons (Fsp3) is 0.0769. The van der Waals surface area contributed by atoms with Crippen molar-refractivity contribution in [1.82, 2.24) is 0 Å². The summed E-state index contributed by atoms with van der Waals surface area (Å²) in [6, 6.07) is 14.4. The first kappa shape index (κ1) is 12.4. The summed E-state index contributed by atoms with van der Waals surface area (Å²) in [7, 11) is 1.88. The number of anilines is 2. The molecule has 18 heavy (non-hydrogen) atoms. The van der Waals surface area contributed by atoms with E-state index in [0.717, 1.165) is 11.4 Å². The summed E-state index contributed by atoms with van der Waals surface area (Å²) in [5.74, 6) is 0. The quantitative estimate of drug-likeness (QED) is 0.620. The molecule has 0 unspecified atom stereocenters. The maximum absolute atomic E-state index is 10.7. The van der Waals surface area contributed by atoms with Crippen LogP contribution in [0, 0.1) is 10.1 Å². The number of nitro groups is 1. The van der Waals surface area contributed by atoms with E-state index in [0.29, 0.717) is 0 Å². The van der Waals surface area contributed by atoms with Crippen molar-refractivity contribution in [2.45, 2.75) is 0 Å². The number of rotatable bonds is 3. The van der Waals surface area contributed by atoms with Crippen LogP contribution in [0.25, 0.3) is 0 Å². The molecule has 0 heterocycles. The van der Waals surface area contributed by atoms with Gasteiger partial charge in [0.2, 0.25) is 0 Å². The molecule has 0 bridgehead atoms. The summed E-state index contributed by atoms with van der Waals surface area (Å²) in [5.41, 5.74) is 1.71. The Bertz CT molecular complexity index is 572. The molecule has 2 rings (SSSR count). The molecule has 0 saturated heterocycles. The van der Waals surface area contributed by atoms with Crippen LogP contribution in [-0.2, 0) is 0 Å². The lowest BCUT2D eigenvalue weighted by molar-refractivity contribution is -0.384. The molecule has 4 nitrogen and oxygen atoms in total. The van der Waals surface area contributed by atoms with Crippen LogP contribution in [0.15, 0.2) is 48.5 Å². The first-order chi connectivity index (χ1) is 8.59. The largest absolute Gasteiger partial charge is 0.345 e. The van der Waals surface area contributed by atoms with Gasteiger partial charge >= 0.3 is 0 Å². The molecule has 0 aliphatic carbocycles. The van der Waals surface area contributed by atoms with E-state index in [2.05, 4.69) is 0 Å². The SMILES string of the molecule is CN(c1ccccc1)c1ccc([N+](=O)[O-])c(Cl)c1. The highest BCUT2D eigenvalue weighted by Gasteiger charge is 2.13. The second-order valence-electron chi connectivity index (χ2n) is 3.79. The Kier molecular flexibility index (Phi) is 3.48. The van der Waals surface area contributed by atoms with Crippen molar-refractivity contribution in [3.63, 3.8) is 0 Å². The van der Waals surface area contributed by atoms with Gasteiger partial charge in [-0.15, -0.1) is 0 Å². The second kappa shape index (κ2) is 5.06. The average Bonchev–Trinajstić information content (AvgIpc) is 2.38. The summed E-state index contributed by atoms with van der Waals surface area (Å²) in [5, 5.41) is 10.8. The topological polar surface area (TPSA) is 46.4 Å². The zero-order chi connectivity index (χ0) is 13.1. The van der Waals surface area contributed by atoms with E-state index in [9.17, 15) is 10.1 Å². The van der Waals surface area contributed by atoms with Crippen LogP contribution in [0.3, 0.4) is 0 Å². The lowest BCUT2D eigenvalue weighted by atomic mass is 10.2. The van der Waals surface area contributed by atoms with Crippen molar-refractivity contribution in [2.24, 2.45) is 0 Å². The highest BCUT2D eigenvalue weighted by Crippen LogP contribution is 2.31. The summed E-state index contributed by atoms with van der Waals surface area (Å²) < 4.78 is 0. The fourth-order valence-corrected chi connectivity index (χ4v) is 1.90. The van der Waals surface area contributed by atoms with Crippen molar-refractivity contribution in [3.8, 4) is 0 Å². The molecular formula is C13H11ClN2O2. The Morgan fingerprint density at radius 3 is 2.33 bits per heavy atom. The standard InChI is InChI=1S/C13H11ClN2O2/c1-15(10-5-3-2-4-6-10)11-7-8-13(16(17)18)12(14)9-11/h2-9H,1H3. The zero-order valence-corrected chi connectivity index (χ0v) is 10.5.